The summed E-state index contributed by atoms with van der Waals surface area (Å²) in [5.74, 6) is 0. The summed E-state index contributed by atoms with van der Waals surface area (Å²) >= 11 is 5.98. The molecule has 0 spiro atoms. The Labute approximate surface area is 83.1 Å². The van der Waals surface area contributed by atoms with Gasteiger partial charge in [0.25, 0.3) is 0 Å². The zero-order chi connectivity index (χ0) is 9.68. The summed E-state index contributed by atoms with van der Waals surface area (Å²) in [5.41, 5.74) is 0.827. The van der Waals surface area contributed by atoms with Crippen LogP contribution < -0.4 is 5.32 Å². The van der Waals surface area contributed by atoms with Crippen LogP contribution in [-0.2, 0) is 4.74 Å². The van der Waals surface area contributed by atoms with Crippen LogP contribution in [0.25, 0.3) is 0 Å². The number of pyridine rings is 1. The van der Waals surface area contributed by atoms with Gasteiger partial charge in [0.2, 0.25) is 0 Å². The molecule has 0 saturated carbocycles. The third kappa shape index (κ3) is 2.66. The molecule has 1 heterocycles. The van der Waals surface area contributed by atoms with Crippen LogP contribution in [0.4, 0.5) is 0 Å². The van der Waals surface area contributed by atoms with Gasteiger partial charge in [0.05, 0.1) is 23.4 Å². The molecule has 0 aliphatic carbocycles. The van der Waals surface area contributed by atoms with E-state index in [0.29, 0.717) is 11.6 Å². The Morgan fingerprint density at radius 1 is 1.69 bits per heavy atom. The summed E-state index contributed by atoms with van der Waals surface area (Å²) in [5, 5.41) is 3.75. The van der Waals surface area contributed by atoms with Crippen molar-refractivity contribution >= 4 is 11.6 Å². The highest BCUT2D eigenvalue weighted by Gasteiger charge is 2.12. The van der Waals surface area contributed by atoms with E-state index in [1.807, 2.05) is 19.2 Å². The minimum atomic E-state index is 0.0544. The molecular weight excluding hydrogens is 188 g/mol. The van der Waals surface area contributed by atoms with Gasteiger partial charge in [-0.2, -0.15) is 0 Å². The number of hydrogen-bond donors (Lipinski definition) is 1. The molecule has 1 unspecified atom stereocenters. The number of nitrogens with zero attached hydrogens (tertiary/aromatic N) is 1. The zero-order valence-corrected chi connectivity index (χ0v) is 8.51. The van der Waals surface area contributed by atoms with E-state index >= 15 is 0 Å². The molecular formula is C9H13ClN2O. The van der Waals surface area contributed by atoms with Gasteiger partial charge in [-0.15, -0.1) is 0 Å². The van der Waals surface area contributed by atoms with E-state index in [1.54, 1.807) is 13.3 Å². The molecule has 3 nitrogen and oxygen atoms in total. The van der Waals surface area contributed by atoms with Crippen LogP contribution in [0.3, 0.4) is 0 Å². The predicted octanol–water partition coefficient (Wildman–Crippen LogP) is 1.64. The minimum absolute atomic E-state index is 0.0544. The van der Waals surface area contributed by atoms with Crippen molar-refractivity contribution < 1.29 is 4.74 Å². The highest BCUT2D eigenvalue weighted by atomic mass is 35.5. The number of rotatable bonds is 4. The molecule has 0 aliphatic heterocycles. The average molecular weight is 201 g/mol. The van der Waals surface area contributed by atoms with Crippen molar-refractivity contribution in [3.05, 3.63) is 29.0 Å². The van der Waals surface area contributed by atoms with Crippen LogP contribution in [0.5, 0.6) is 0 Å². The summed E-state index contributed by atoms with van der Waals surface area (Å²) < 4.78 is 5.04. The van der Waals surface area contributed by atoms with Crippen LogP contribution in [0, 0.1) is 0 Å². The highest BCUT2D eigenvalue weighted by Crippen LogP contribution is 2.19. The third-order valence-electron chi connectivity index (χ3n) is 1.80. The molecule has 1 aromatic rings. The molecule has 0 aromatic carbocycles. The minimum Gasteiger partial charge on any atom is -0.383 e. The molecule has 72 valence electrons. The molecule has 0 fully saturated rings. The number of nitrogens with one attached hydrogen (secondary N) is 1. The summed E-state index contributed by atoms with van der Waals surface area (Å²) in [4.78, 5) is 4.19. The second kappa shape index (κ2) is 5.17. The van der Waals surface area contributed by atoms with E-state index in [9.17, 15) is 0 Å². The number of ether oxygens (including phenoxy) is 1. The van der Waals surface area contributed by atoms with Gasteiger partial charge in [-0.05, 0) is 19.2 Å². The monoisotopic (exact) mass is 200 g/mol. The number of likely N-dealkylation sites (N-methyl/N-ethyl adjacent to an activating group) is 1. The SMILES string of the molecule is CNC(COC)c1ncccc1Cl. The Morgan fingerprint density at radius 3 is 3.00 bits per heavy atom. The van der Waals surface area contributed by atoms with Crippen LogP contribution >= 0.6 is 11.6 Å². The van der Waals surface area contributed by atoms with Gasteiger partial charge in [0.1, 0.15) is 0 Å². The van der Waals surface area contributed by atoms with E-state index in [4.69, 9.17) is 16.3 Å². The standard InChI is InChI=1S/C9H13ClN2O/c1-11-8(6-13-2)9-7(10)4-3-5-12-9/h3-5,8,11H,6H2,1-2H3. The summed E-state index contributed by atoms with van der Waals surface area (Å²) in [7, 11) is 3.51. The van der Waals surface area contributed by atoms with Crippen molar-refractivity contribution in [3.8, 4) is 0 Å². The van der Waals surface area contributed by atoms with E-state index in [-0.39, 0.29) is 6.04 Å². The quantitative estimate of drug-likeness (QED) is 0.803. The van der Waals surface area contributed by atoms with Gasteiger partial charge in [-0.1, -0.05) is 11.6 Å². The maximum Gasteiger partial charge on any atom is 0.0782 e. The third-order valence-corrected chi connectivity index (χ3v) is 2.12. The first kappa shape index (κ1) is 10.4. The maximum absolute atomic E-state index is 5.98. The van der Waals surface area contributed by atoms with Gasteiger partial charge in [-0.25, -0.2) is 0 Å². The van der Waals surface area contributed by atoms with Crippen LogP contribution in [0.2, 0.25) is 5.02 Å². The molecule has 13 heavy (non-hydrogen) atoms. The van der Waals surface area contributed by atoms with E-state index in [1.165, 1.54) is 0 Å². The topological polar surface area (TPSA) is 34.1 Å². The smallest absolute Gasteiger partial charge is 0.0782 e. The van der Waals surface area contributed by atoms with Crippen LogP contribution in [0.1, 0.15) is 11.7 Å². The Kier molecular flexibility index (Phi) is 4.15. The molecule has 1 atom stereocenters. The Morgan fingerprint density at radius 2 is 2.46 bits per heavy atom. The van der Waals surface area contributed by atoms with Gasteiger partial charge >= 0.3 is 0 Å². The number of halogens is 1. The number of hydrogen-bond acceptors (Lipinski definition) is 3. The normalized spacial score (nSPS) is 12.8. The lowest BCUT2D eigenvalue weighted by Gasteiger charge is -2.15. The lowest BCUT2D eigenvalue weighted by Crippen LogP contribution is -2.22. The number of methoxy groups -OCH3 is 1. The Balaban J connectivity index is 2.84. The largest absolute Gasteiger partial charge is 0.383 e. The second-order valence-corrected chi connectivity index (χ2v) is 3.07. The van der Waals surface area contributed by atoms with Crippen molar-refractivity contribution in [3.63, 3.8) is 0 Å². The van der Waals surface area contributed by atoms with Crippen molar-refractivity contribution in [2.45, 2.75) is 6.04 Å². The molecule has 4 heteroatoms. The average Bonchev–Trinajstić information content (AvgIpc) is 2.16. The van der Waals surface area contributed by atoms with Gasteiger partial charge in [-0.3, -0.25) is 4.98 Å². The Bertz CT molecular complexity index is 268. The summed E-state index contributed by atoms with van der Waals surface area (Å²) in [6.45, 7) is 0.563. The fourth-order valence-electron chi connectivity index (χ4n) is 1.12. The summed E-state index contributed by atoms with van der Waals surface area (Å²) in [6.07, 6.45) is 1.72. The van der Waals surface area contributed by atoms with Gasteiger partial charge in [0, 0.05) is 13.3 Å². The first-order valence-electron chi connectivity index (χ1n) is 4.06. The summed E-state index contributed by atoms with van der Waals surface area (Å²) in [6, 6.07) is 3.69. The molecule has 0 radical (unpaired) electrons. The molecule has 0 bridgehead atoms. The maximum atomic E-state index is 5.98. The fourth-order valence-corrected chi connectivity index (χ4v) is 1.37. The first-order valence-corrected chi connectivity index (χ1v) is 4.44. The van der Waals surface area contributed by atoms with Crippen molar-refractivity contribution in [1.29, 1.82) is 0 Å². The number of aromatic nitrogens is 1. The lowest BCUT2D eigenvalue weighted by atomic mass is 10.2. The van der Waals surface area contributed by atoms with Crippen molar-refractivity contribution in [2.75, 3.05) is 20.8 Å². The van der Waals surface area contributed by atoms with E-state index in [2.05, 4.69) is 10.3 Å². The Hall–Kier alpha value is -0.640. The van der Waals surface area contributed by atoms with Gasteiger partial charge in [0.15, 0.2) is 0 Å². The fraction of sp³-hybridized carbons (Fsp3) is 0.444. The molecule has 0 aliphatic rings. The lowest BCUT2D eigenvalue weighted by molar-refractivity contribution is 0.169. The van der Waals surface area contributed by atoms with Gasteiger partial charge < -0.3 is 10.1 Å². The van der Waals surface area contributed by atoms with Crippen molar-refractivity contribution in [1.82, 2.24) is 10.3 Å². The molecule has 0 saturated heterocycles. The first-order chi connectivity index (χ1) is 6.29. The molecule has 1 N–H and O–H groups in total. The zero-order valence-electron chi connectivity index (χ0n) is 7.75. The van der Waals surface area contributed by atoms with Crippen molar-refractivity contribution in [2.24, 2.45) is 0 Å². The van der Waals surface area contributed by atoms with E-state index < -0.39 is 0 Å². The molecule has 0 amide bonds. The molecule has 1 aromatic heterocycles. The van der Waals surface area contributed by atoms with E-state index in [0.717, 1.165) is 5.69 Å². The molecule has 1 rings (SSSR count). The predicted molar refractivity (Wildman–Crippen MR) is 52.9 cm³/mol. The van der Waals surface area contributed by atoms with Crippen LogP contribution in [0.15, 0.2) is 18.3 Å². The second-order valence-electron chi connectivity index (χ2n) is 2.67. The van der Waals surface area contributed by atoms with Crippen LogP contribution in [-0.4, -0.2) is 25.7 Å². The highest BCUT2D eigenvalue weighted by molar-refractivity contribution is 6.31.